The Kier molecular flexibility index (Phi) is 7.84. The number of rotatable bonds is 7. The molecule has 1 aliphatic rings. The van der Waals surface area contributed by atoms with Gasteiger partial charge in [-0.2, -0.15) is 4.98 Å². The summed E-state index contributed by atoms with van der Waals surface area (Å²) in [4.78, 5) is 34.1. The lowest BCUT2D eigenvalue weighted by Gasteiger charge is -2.34. The molecule has 1 aliphatic heterocycles. The van der Waals surface area contributed by atoms with Gasteiger partial charge in [0.15, 0.2) is 5.82 Å². The lowest BCUT2D eigenvalue weighted by Crippen LogP contribution is -2.47. The number of halogens is 2. The molecular weight excluding hydrogens is 566 g/mol. The molecule has 1 fully saturated rings. The van der Waals surface area contributed by atoms with Crippen molar-refractivity contribution in [3.05, 3.63) is 101 Å². The van der Waals surface area contributed by atoms with Crippen LogP contribution in [0.1, 0.15) is 28.4 Å². The van der Waals surface area contributed by atoms with Crippen LogP contribution in [0.2, 0.25) is 0 Å². The maximum atomic E-state index is 15.6. The fraction of sp³-hybridized carbons (Fsp3) is 0.206. The van der Waals surface area contributed by atoms with Crippen LogP contribution in [0.4, 0.5) is 8.78 Å². The number of benzene rings is 4. The van der Waals surface area contributed by atoms with Gasteiger partial charge in [0.2, 0.25) is 5.91 Å². The first-order valence-corrected chi connectivity index (χ1v) is 14.2. The Hall–Kier alpha value is -5.09. The summed E-state index contributed by atoms with van der Waals surface area (Å²) in [6.07, 6.45) is 0. The van der Waals surface area contributed by atoms with Crippen LogP contribution in [0.25, 0.3) is 33.3 Å². The summed E-state index contributed by atoms with van der Waals surface area (Å²) in [5.74, 6) is -2.37. The zero-order valence-electron chi connectivity index (χ0n) is 24.2. The standard InChI is InChI=1S/C34H30F2N4O4/c1-20-3-12-26(17-27(20)33(42)43)44-34-37-29-18-28(35)30(31(36)32(29)38-34)25-10-8-24(9-11-25)23-6-4-22(5-7-23)19-39-13-15-40(16-14-39)21(2)41/h3-12,17-18H,13-16,19H2,1-2H3,(H,37,38)(H,42,43). The SMILES string of the molecule is CC(=O)N1CCN(Cc2ccc(-c3ccc(-c4c(F)cc5[nH]c(Oc6ccc(C)c(C(=O)O)c6)nc5c4F)cc3)cc2)CC1. The van der Waals surface area contributed by atoms with Crippen molar-refractivity contribution in [3.8, 4) is 34.0 Å². The van der Waals surface area contributed by atoms with Gasteiger partial charge in [0.1, 0.15) is 17.1 Å². The van der Waals surface area contributed by atoms with Crippen LogP contribution >= 0.6 is 0 Å². The van der Waals surface area contributed by atoms with Gasteiger partial charge >= 0.3 is 5.97 Å². The molecule has 0 saturated carbocycles. The van der Waals surface area contributed by atoms with E-state index in [1.54, 1.807) is 38.1 Å². The number of aryl methyl sites for hydroxylation is 1. The zero-order valence-corrected chi connectivity index (χ0v) is 24.2. The van der Waals surface area contributed by atoms with E-state index in [1.165, 1.54) is 11.6 Å². The van der Waals surface area contributed by atoms with Crippen molar-refractivity contribution in [2.75, 3.05) is 26.2 Å². The van der Waals surface area contributed by atoms with Gasteiger partial charge < -0.3 is 19.7 Å². The van der Waals surface area contributed by atoms with Crippen molar-refractivity contribution >= 4 is 22.9 Å². The third kappa shape index (κ3) is 5.89. The molecule has 1 aromatic heterocycles. The average Bonchev–Trinajstić information content (AvgIpc) is 3.41. The normalized spacial score (nSPS) is 13.8. The highest BCUT2D eigenvalue weighted by atomic mass is 19.1. The number of hydrogen-bond donors (Lipinski definition) is 2. The number of carboxylic acids is 1. The molecule has 5 aromatic rings. The quantitative estimate of drug-likeness (QED) is 0.219. The summed E-state index contributed by atoms with van der Waals surface area (Å²) in [7, 11) is 0. The summed E-state index contributed by atoms with van der Waals surface area (Å²) in [6.45, 7) is 7.24. The molecule has 4 aromatic carbocycles. The van der Waals surface area contributed by atoms with E-state index >= 15 is 8.78 Å². The highest BCUT2D eigenvalue weighted by Crippen LogP contribution is 2.34. The fourth-order valence-corrected chi connectivity index (χ4v) is 5.49. The molecule has 224 valence electrons. The van der Waals surface area contributed by atoms with Crippen LogP contribution in [-0.4, -0.2) is 62.9 Å². The number of aromatic carboxylic acids is 1. The van der Waals surface area contributed by atoms with Crippen molar-refractivity contribution in [1.29, 1.82) is 0 Å². The van der Waals surface area contributed by atoms with Crippen LogP contribution < -0.4 is 4.74 Å². The molecule has 6 rings (SSSR count). The van der Waals surface area contributed by atoms with Gasteiger partial charge in [0.05, 0.1) is 16.6 Å². The van der Waals surface area contributed by atoms with Gasteiger partial charge in [-0.15, -0.1) is 0 Å². The molecular formula is C34H30F2N4O4. The highest BCUT2D eigenvalue weighted by molar-refractivity contribution is 5.90. The van der Waals surface area contributed by atoms with Crippen molar-refractivity contribution in [3.63, 3.8) is 0 Å². The molecule has 44 heavy (non-hydrogen) atoms. The zero-order chi connectivity index (χ0) is 31.0. The summed E-state index contributed by atoms with van der Waals surface area (Å²) >= 11 is 0. The molecule has 0 atom stereocenters. The van der Waals surface area contributed by atoms with Gasteiger partial charge in [0.25, 0.3) is 6.01 Å². The highest BCUT2D eigenvalue weighted by Gasteiger charge is 2.21. The second-order valence-electron chi connectivity index (χ2n) is 10.9. The molecule has 1 amide bonds. The van der Waals surface area contributed by atoms with E-state index in [4.69, 9.17) is 4.74 Å². The number of carbonyl (C=O) groups excluding carboxylic acids is 1. The number of imidazole rings is 1. The monoisotopic (exact) mass is 596 g/mol. The number of amides is 1. The number of ether oxygens (including phenoxy) is 1. The van der Waals surface area contributed by atoms with E-state index in [1.807, 2.05) is 29.2 Å². The van der Waals surface area contributed by atoms with Crippen molar-refractivity contribution in [2.45, 2.75) is 20.4 Å². The van der Waals surface area contributed by atoms with E-state index in [0.29, 0.717) is 11.1 Å². The fourth-order valence-electron chi connectivity index (χ4n) is 5.49. The van der Waals surface area contributed by atoms with Crippen molar-refractivity contribution in [2.24, 2.45) is 0 Å². The second kappa shape index (κ2) is 11.9. The Morgan fingerprint density at radius 3 is 2.18 bits per heavy atom. The van der Waals surface area contributed by atoms with Crippen molar-refractivity contribution < 1.29 is 28.2 Å². The largest absolute Gasteiger partial charge is 0.478 e. The van der Waals surface area contributed by atoms with E-state index in [0.717, 1.165) is 49.9 Å². The van der Waals surface area contributed by atoms with Crippen molar-refractivity contribution in [1.82, 2.24) is 19.8 Å². The topological polar surface area (TPSA) is 98.8 Å². The van der Waals surface area contributed by atoms with Gasteiger partial charge in [0, 0.05) is 45.7 Å². The number of fused-ring (bicyclic) bond motifs is 1. The van der Waals surface area contributed by atoms with E-state index in [9.17, 15) is 14.7 Å². The van der Waals surface area contributed by atoms with Crippen LogP contribution in [0.3, 0.4) is 0 Å². The van der Waals surface area contributed by atoms with E-state index in [2.05, 4.69) is 27.0 Å². The first-order chi connectivity index (χ1) is 21.2. The maximum Gasteiger partial charge on any atom is 0.336 e. The smallest absolute Gasteiger partial charge is 0.336 e. The Labute approximate surface area is 252 Å². The summed E-state index contributed by atoms with van der Waals surface area (Å²) < 4.78 is 36.5. The molecule has 0 radical (unpaired) electrons. The molecule has 1 saturated heterocycles. The van der Waals surface area contributed by atoms with Gasteiger partial charge in [-0.1, -0.05) is 54.6 Å². The van der Waals surface area contributed by atoms with Crippen LogP contribution in [0, 0.1) is 18.6 Å². The first kappa shape index (κ1) is 29.0. The lowest BCUT2D eigenvalue weighted by molar-refractivity contribution is -0.130. The number of carboxylic acid groups (broad SMARTS) is 1. The number of nitrogens with zero attached hydrogens (tertiary/aromatic N) is 3. The predicted octanol–water partition coefficient (Wildman–Crippen LogP) is 6.64. The Bertz CT molecular complexity index is 1860. The number of aromatic amines is 1. The molecule has 0 spiro atoms. The van der Waals surface area contributed by atoms with Gasteiger partial charge in [-0.25, -0.2) is 13.6 Å². The van der Waals surface area contributed by atoms with Gasteiger partial charge in [-0.05, 0) is 46.9 Å². The molecule has 2 heterocycles. The Morgan fingerprint density at radius 2 is 1.55 bits per heavy atom. The molecule has 8 nitrogen and oxygen atoms in total. The van der Waals surface area contributed by atoms with Crippen LogP contribution in [0.15, 0.2) is 72.8 Å². The minimum atomic E-state index is -1.10. The first-order valence-electron chi connectivity index (χ1n) is 14.2. The molecule has 2 N–H and O–H groups in total. The number of piperazine rings is 1. The van der Waals surface area contributed by atoms with Crippen LogP contribution in [0.5, 0.6) is 11.8 Å². The number of aromatic nitrogens is 2. The Balaban J connectivity index is 1.18. The lowest BCUT2D eigenvalue weighted by atomic mass is 9.98. The number of carbonyl (C=O) groups is 2. The van der Waals surface area contributed by atoms with E-state index < -0.39 is 17.6 Å². The van der Waals surface area contributed by atoms with Gasteiger partial charge in [-0.3, -0.25) is 9.69 Å². The molecule has 0 aliphatic carbocycles. The minimum absolute atomic E-state index is 0.0678. The maximum absolute atomic E-state index is 15.6. The minimum Gasteiger partial charge on any atom is -0.478 e. The molecule has 0 bridgehead atoms. The summed E-state index contributed by atoms with van der Waals surface area (Å²) in [6, 6.07) is 20.8. The van der Waals surface area contributed by atoms with Crippen LogP contribution in [-0.2, 0) is 11.3 Å². The summed E-state index contributed by atoms with van der Waals surface area (Å²) in [5.41, 5.74) is 3.87. The number of H-pyrrole nitrogens is 1. The number of nitrogens with one attached hydrogen (secondary N) is 1. The predicted molar refractivity (Wildman–Crippen MR) is 163 cm³/mol. The third-order valence-corrected chi connectivity index (χ3v) is 7.99. The molecule has 0 unspecified atom stereocenters. The van der Waals surface area contributed by atoms with E-state index in [-0.39, 0.29) is 39.8 Å². The summed E-state index contributed by atoms with van der Waals surface area (Å²) in [5, 5.41) is 9.36. The second-order valence-corrected chi connectivity index (χ2v) is 10.9. The third-order valence-electron chi connectivity index (χ3n) is 7.99. The average molecular weight is 597 g/mol. The molecule has 10 heteroatoms. The number of hydrogen-bond acceptors (Lipinski definition) is 5. The Morgan fingerprint density at radius 1 is 0.909 bits per heavy atom.